The third-order valence-corrected chi connectivity index (χ3v) is 5.84. The minimum atomic E-state index is 0.892. The van der Waals surface area contributed by atoms with Crippen LogP contribution in [0.1, 0.15) is 0 Å². The van der Waals surface area contributed by atoms with Gasteiger partial charge in [-0.2, -0.15) is 0 Å². The van der Waals surface area contributed by atoms with Crippen LogP contribution in [0.5, 0.6) is 11.5 Å². The molecule has 112 valence electrons. The molecule has 6 rings (SSSR count). The zero-order valence-electron chi connectivity index (χ0n) is 12.6. The van der Waals surface area contributed by atoms with Gasteiger partial charge in [-0.3, -0.25) is 4.98 Å². The van der Waals surface area contributed by atoms with Gasteiger partial charge in [0.2, 0.25) is 0 Å². The second kappa shape index (κ2) is 4.34. The highest BCUT2D eigenvalue weighted by Crippen LogP contribution is 2.48. The predicted molar refractivity (Wildman–Crippen MR) is 100 cm³/mol. The molecule has 0 atom stereocenters. The van der Waals surface area contributed by atoms with Crippen LogP contribution in [-0.2, 0) is 0 Å². The van der Waals surface area contributed by atoms with Crippen LogP contribution in [0.15, 0.2) is 66.9 Å². The summed E-state index contributed by atoms with van der Waals surface area (Å²) in [6, 6.07) is 21.1. The van der Waals surface area contributed by atoms with Gasteiger partial charge in [0.15, 0.2) is 0 Å². The van der Waals surface area contributed by atoms with Gasteiger partial charge in [-0.1, -0.05) is 30.3 Å². The van der Waals surface area contributed by atoms with Gasteiger partial charge >= 0.3 is 0 Å². The van der Waals surface area contributed by atoms with Crippen LogP contribution in [0.25, 0.3) is 42.2 Å². The number of benzene rings is 3. The fourth-order valence-corrected chi connectivity index (χ4v) is 4.74. The van der Waals surface area contributed by atoms with Crippen LogP contribution in [0, 0.1) is 0 Å². The van der Waals surface area contributed by atoms with E-state index >= 15 is 0 Å². The van der Waals surface area contributed by atoms with E-state index < -0.39 is 0 Å². The molecular weight excluding hydrogens is 314 g/mol. The number of hydrogen-bond acceptors (Lipinski definition) is 3. The van der Waals surface area contributed by atoms with Gasteiger partial charge < -0.3 is 4.74 Å². The van der Waals surface area contributed by atoms with Crippen LogP contribution >= 0.6 is 11.3 Å². The van der Waals surface area contributed by atoms with E-state index in [2.05, 4.69) is 47.4 Å². The monoisotopic (exact) mass is 325 g/mol. The average molecular weight is 325 g/mol. The van der Waals surface area contributed by atoms with Crippen molar-refractivity contribution in [2.24, 2.45) is 0 Å². The summed E-state index contributed by atoms with van der Waals surface area (Å²) in [5.41, 5.74) is 2.09. The van der Waals surface area contributed by atoms with Gasteiger partial charge in [0.05, 0.1) is 11.1 Å². The average Bonchev–Trinajstić information content (AvgIpc) is 2.98. The Balaban J connectivity index is 1.78. The lowest BCUT2D eigenvalue weighted by Gasteiger charge is -2.20. The third-order valence-electron chi connectivity index (χ3n) is 4.71. The molecule has 0 bridgehead atoms. The molecule has 5 aromatic rings. The van der Waals surface area contributed by atoms with Crippen LogP contribution in [0.3, 0.4) is 0 Å². The molecule has 2 aromatic heterocycles. The quantitative estimate of drug-likeness (QED) is 0.323. The molecule has 0 amide bonds. The molecule has 1 aliphatic heterocycles. The molecule has 3 heterocycles. The van der Waals surface area contributed by atoms with Gasteiger partial charge in [-0.15, -0.1) is 11.3 Å². The minimum absolute atomic E-state index is 0.892. The lowest BCUT2D eigenvalue weighted by atomic mass is 9.98. The Morgan fingerprint density at radius 1 is 0.792 bits per heavy atom. The largest absolute Gasteiger partial charge is 0.456 e. The predicted octanol–water partition coefficient (Wildman–Crippen LogP) is 6.38. The Hall–Kier alpha value is -2.91. The Bertz CT molecular complexity index is 1280. The second-order valence-electron chi connectivity index (χ2n) is 6.06. The second-order valence-corrected chi connectivity index (χ2v) is 7.14. The maximum Gasteiger partial charge on any atom is 0.138 e. The van der Waals surface area contributed by atoms with Crippen molar-refractivity contribution >= 4 is 42.3 Å². The van der Waals surface area contributed by atoms with E-state index in [1.807, 2.05) is 35.7 Å². The van der Waals surface area contributed by atoms with Crippen LogP contribution < -0.4 is 4.74 Å². The van der Waals surface area contributed by atoms with E-state index in [4.69, 9.17) is 4.74 Å². The molecule has 0 saturated heterocycles. The molecule has 3 aromatic carbocycles. The maximum absolute atomic E-state index is 6.22. The van der Waals surface area contributed by atoms with Gasteiger partial charge in [-0.05, 0) is 35.7 Å². The lowest BCUT2D eigenvalue weighted by Crippen LogP contribution is -1.98. The number of ether oxygens (including phenoxy) is 1. The molecule has 24 heavy (non-hydrogen) atoms. The summed E-state index contributed by atoms with van der Waals surface area (Å²) in [4.78, 5) is 4.67. The Morgan fingerprint density at radius 3 is 2.75 bits per heavy atom. The van der Waals surface area contributed by atoms with Crippen molar-refractivity contribution in [2.45, 2.75) is 0 Å². The smallest absolute Gasteiger partial charge is 0.138 e. The molecule has 0 N–H and O–H groups in total. The minimum Gasteiger partial charge on any atom is -0.456 e. The first-order chi connectivity index (χ1) is 11.9. The summed E-state index contributed by atoms with van der Waals surface area (Å²) in [7, 11) is 0. The van der Waals surface area contributed by atoms with Crippen LogP contribution in [0.4, 0.5) is 0 Å². The highest BCUT2D eigenvalue weighted by atomic mass is 32.1. The van der Waals surface area contributed by atoms with Gasteiger partial charge in [0.1, 0.15) is 11.5 Å². The third kappa shape index (κ3) is 1.52. The summed E-state index contributed by atoms with van der Waals surface area (Å²) in [6.45, 7) is 0. The van der Waals surface area contributed by atoms with Crippen molar-refractivity contribution in [1.82, 2.24) is 4.98 Å². The first-order valence-corrected chi connectivity index (χ1v) is 8.71. The molecule has 0 saturated carbocycles. The number of rotatable bonds is 0. The van der Waals surface area contributed by atoms with E-state index in [1.54, 1.807) is 0 Å². The fraction of sp³-hybridized carbons (Fsp3) is 0. The zero-order chi connectivity index (χ0) is 15.7. The normalized spacial score (nSPS) is 12.5. The van der Waals surface area contributed by atoms with E-state index in [1.165, 1.54) is 25.6 Å². The highest BCUT2D eigenvalue weighted by molar-refractivity contribution is 7.25. The molecular formula is C21H11NOS. The first kappa shape index (κ1) is 12.5. The summed E-state index contributed by atoms with van der Waals surface area (Å²) in [5.74, 6) is 1.79. The van der Waals surface area contributed by atoms with Crippen molar-refractivity contribution in [3.8, 4) is 22.8 Å². The van der Waals surface area contributed by atoms with E-state index in [0.717, 1.165) is 28.1 Å². The van der Waals surface area contributed by atoms with Crippen molar-refractivity contribution in [2.75, 3.05) is 0 Å². The molecule has 2 nitrogen and oxygen atoms in total. The molecule has 0 spiro atoms. The number of fused-ring (bicyclic) bond motifs is 5. The van der Waals surface area contributed by atoms with Gasteiger partial charge in [0, 0.05) is 31.9 Å². The SMILES string of the molecule is c1cc2c3c(nccc3c1)-c1cc3c(cc1O2)sc1ccccc13. The first-order valence-electron chi connectivity index (χ1n) is 7.90. The molecule has 1 aliphatic rings. The van der Waals surface area contributed by atoms with Crippen LogP contribution in [-0.4, -0.2) is 4.98 Å². The van der Waals surface area contributed by atoms with E-state index in [-0.39, 0.29) is 0 Å². The number of nitrogens with zero attached hydrogens (tertiary/aromatic N) is 1. The Kier molecular flexibility index (Phi) is 2.26. The Morgan fingerprint density at radius 2 is 1.75 bits per heavy atom. The Labute approximate surface area is 142 Å². The molecule has 0 aliphatic carbocycles. The van der Waals surface area contributed by atoms with Crippen LogP contribution in [0.2, 0.25) is 0 Å². The number of thiophene rings is 1. The molecule has 0 radical (unpaired) electrons. The maximum atomic E-state index is 6.22. The zero-order valence-corrected chi connectivity index (χ0v) is 13.4. The molecule has 3 heteroatoms. The number of hydrogen-bond donors (Lipinski definition) is 0. The number of aromatic nitrogens is 1. The standard InChI is InChI=1S/C21H11NOS/c1-2-7-18-13(5-1)14-10-15-17(11-19(14)24-18)23-16-6-3-4-12-8-9-22-21(15)20(12)16/h1-11H. The number of pyridine rings is 1. The topological polar surface area (TPSA) is 22.1 Å². The highest BCUT2D eigenvalue weighted by Gasteiger charge is 2.22. The summed E-state index contributed by atoms with van der Waals surface area (Å²) in [5, 5.41) is 4.84. The van der Waals surface area contributed by atoms with E-state index in [9.17, 15) is 0 Å². The van der Waals surface area contributed by atoms with Crippen molar-refractivity contribution in [3.05, 3.63) is 66.9 Å². The molecule has 0 fully saturated rings. The van der Waals surface area contributed by atoms with Gasteiger partial charge in [-0.25, -0.2) is 0 Å². The summed E-state index contributed by atoms with van der Waals surface area (Å²) >= 11 is 1.81. The summed E-state index contributed by atoms with van der Waals surface area (Å²) < 4.78 is 8.78. The molecule has 0 unspecified atom stereocenters. The van der Waals surface area contributed by atoms with Crippen molar-refractivity contribution < 1.29 is 4.74 Å². The lowest BCUT2D eigenvalue weighted by molar-refractivity contribution is 0.487. The summed E-state index contributed by atoms with van der Waals surface area (Å²) in [6.07, 6.45) is 1.88. The van der Waals surface area contributed by atoms with Crippen molar-refractivity contribution in [1.29, 1.82) is 0 Å². The fourth-order valence-electron chi connectivity index (χ4n) is 3.63. The van der Waals surface area contributed by atoms with Crippen molar-refractivity contribution in [3.63, 3.8) is 0 Å². The van der Waals surface area contributed by atoms with Gasteiger partial charge in [0.25, 0.3) is 0 Å². The van der Waals surface area contributed by atoms with E-state index in [0.29, 0.717) is 0 Å².